The first-order valence-corrected chi connectivity index (χ1v) is 33.5. The van der Waals surface area contributed by atoms with Gasteiger partial charge in [0.15, 0.2) is 30.3 Å². The minimum absolute atomic E-state index is 0. The Labute approximate surface area is 535 Å². The van der Waals surface area contributed by atoms with Gasteiger partial charge in [0.2, 0.25) is 10.0 Å². The van der Waals surface area contributed by atoms with Crippen LogP contribution in [0, 0.1) is 41.4 Å². The number of carbonyl (C=O) groups is 4. The van der Waals surface area contributed by atoms with Crippen molar-refractivity contribution in [3.8, 4) is 0 Å². The van der Waals surface area contributed by atoms with Gasteiger partial charge < -0.3 is 77.4 Å². The van der Waals surface area contributed by atoms with Crippen LogP contribution in [-0.2, 0) is 81.3 Å². The Hall–Kier alpha value is -3.96. The molecule has 1 saturated carbocycles. The lowest BCUT2D eigenvalue weighted by Gasteiger charge is -2.45. The van der Waals surface area contributed by atoms with Crippen LogP contribution in [0.4, 0.5) is 4.79 Å². The van der Waals surface area contributed by atoms with Crippen LogP contribution in [0.25, 0.3) is 0 Å². The maximum atomic E-state index is 16.2. The van der Waals surface area contributed by atoms with Gasteiger partial charge in [0, 0.05) is 70.4 Å². The van der Waals surface area contributed by atoms with Gasteiger partial charge in [-0.1, -0.05) is 98.5 Å². The Bertz CT molecular complexity index is 2580. The van der Waals surface area contributed by atoms with Crippen molar-refractivity contribution in [3.63, 3.8) is 0 Å². The number of ether oxygens (including phenoxy) is 11. The van der Waals surface area contributed by atoms with Gasteiger partial charge in [-0.3, -0.25) is 14.4 Å². The van der Waals surface area contributed by atoms with Gasteiger partial charge in [-0.2, -0.15) is 0 Å². The number of hydrogen-bond acceptors (Lipinski definition) is 22. The van der Waals surface area contributed by atoms with E-state index in [1.807, 2.05) is 34.7 Å². The molecule has 0 radical (unpaired) electrons. The van der Waals surface area contributed by atoms with Gasteiger partial charge >= 0.3 is 18.0 Å². The predicted molar refractivity (Wildman–Crippen MR) is 334 cm³/mol. The van der Waals surface area contributed by atoms with Crippen LogP contribution < -0.4 is 10.0 Å². The number of benzene rings is 1. The second-order valence-corrected chi connectivity index (χ2v) is 28.5. The molecule has 4 N–H and O–H groups in total. The Kier molecular flexibility index (Phi) is 28.9. The van der Waals surface area contributed by atoms with Crippen molar-refractivity contribution in [3.05, 3.63) is 30.3 Å². The van der Waals surface area contributed by atoms with Gasteiger partial charge in [0.1, 0.15) is 43.7 Å². The highest BCUT2D eigenvalue weighted by Gasteiger charge is 2.53. The molecule has 25 heteroatoms. The molecule has 5 fully saturated rings. The Morgan fingerprint density at radius 2 is 1.47 bits per heavy atom. The lowest BCUT2D eigenvalue weighted by Crippen LogP contribution is -2.59. The molecule has 22 atom stereocenters. The molecule has 4 heterocycles. The third kappa shape index (κ3) is 19.6. The summed E-state index contributed by atoms with van der Waals surface area (Å²) in [5.41, 5.74) is -2.99. The molecular formula is C65H110N4O20S. The summed E-state index contributed by atoms with van der Waals surface area (Å²) in [6.07, 6.45) is -11.6. The third-order valence-electron chi connectivity index (χ3n) is 18.8. The summed E-state index contributed by atoms with van der Waals surface area (Å²) in [7, 11) is 2.22. The van der Waals surface area contributed by atoms with Crippen molar-refractivity contribution < 1.29 is 94.8 Å². The van der Waals surface area contributed by atoms with Crippen LogP contribution in [-0.4, -0.2) is 204 Å². The third-order valence-corrected chi connectivity index (χ3v) is 20.2. The molecule has 5 aliphatic rings. The highest BCUT2D eigenvalue weighted by Crippen LogP contribution is 2.41. The molecule has 1 aliphatic carbocycles. The van der Waals surface area contributed by atoms with Gasteiger partial charge in [0.25, 0.3) is 0 Å². The molecule has 1 amide bonds. The summed E-state index contributed by atoms with van der Waals surface area (Å²) in [5.74, 6) is -8.00. The fourth-order valence-electron chi connectivity index (χ4n) is 13.7. The smallest absolute Gasteiger partial charge is 0.408 e. The molecule has 516 valence electrons. The van der Waals surface area contributed by atoms with Crippen molar-refractivity contribution in [1.82, 2.24) is 14.9 Å². The molecule has 1 aromatic carbocycles. The molecule has 6 rings (SSSR count). The summed E-state index contributed by atoms with van der Waals surface area (Å²) in [6, 6.07) is 7.89. The first-order chi connectivity index (χ1) is 41.9. The number of aliphatic hydroxyl groups excluding tert-OH is 2. The molecule has 4 saturated heterocycles. The number of Topliss-reactive ketones (excluding diaryl/α,β-unsaturated/α-hetero) is 1. The Morgan fingerprint density at radius 3 is 2.09 bits per heavy atom. The van der Waals surface area contributed by atoms with E-state index >= 15 is 14.4 Å². The van der Waals surface area contributed by atoms with Crippen molar-refractivity contribution in [2.45, 2.75) is 263 Å². The predicted octanol–water partition coefficient (Wildman–Crippen LogP) is 7.32. The number of hydrogen-bond donors (Lipinski definition) is 4. The van der Waals surface area contributed by atoms with Crippen molar-refractivity contribution >= 4 is 39.6 Å². The van der Waals surface area contributed by atoms with E-state index in [0.717, 1.165) is 6.42 Å². The van der Waals surface area contributed by atoms with Crippen LogP contribution in [0.15, 0.2) is 40.4 Å². The van der Waals surface area contributed by atoms with Gasteiger partial charge in [-0.15, -0.1) is 0 Å². The van der Waals surface area contributed by atoms with Gasteiger partial charge in [0.05, 0.1) is 65.1 Å². The standard InChI is InChI=1S/C64H106N4O20S.CH4/c1-35(2)28-48(69)84-54-42(9)53(37(4)33-80-61-57(78-16)56(77-15)50(70)45(12)83-61)86-59(73)44(11)55(85-49-29-38(5)68(14)32-40(7)81-49)41(8)52(87-60-51(71)47(67-79-17)30-39(6)82-60)36(3)31-63(13,58(72)43(54)10)88-62(74)66-64(26-22-19-23-27-64)34-65-89(75,76)46-24-20-18-21-25-46;/h18,20-21,24-25,35-45,49-57,60-61,65,70-71H,19,22-23,26-34H2,1-17H3,(H,66,74);1H4/b67-47+;/t36-,37-,38?,39+,40-,41+,42-,43+,44+,45+,49-,50+,51+,52-,53+,54+,55-,56+,57+,60-,61+,63-;/m0./s1. The second kappa shape index (κ2) is 33.9. The van der Waals surface area contributed by atoms with E-state index in [2.05, 4.69) is 27.0 Å². The molecular weight excluding hydrogens is 1190 g/mol. The summed E-state index contributed by atoms with van der Waals surface area (Å²) in [5, 5.41) is 30.1. The highest BCUT2D eigenvalue weighted by molar-refractivity contribution is 7.89. The van der Waals surface area contributed by atoms with E-state index in [0.29, 0.717) is 38.6 Å². The zero-order chi connectivity index (χ0) is 65.9. The van der Waals surface area contributed by atoms with Crippen molar-refractivity contribution in [2.24, 2.45) is 46.6 Å². The molecule has 0 spiro atoms. The minimum Gasteiger partial charge on any atom is -0.461 e. The summed E-state index contributed by atoms with van der Waals surface area (Å²) in [4.78, 5) is 68.5. The maximum Gasteiger partial charge on any atom is 0.408 e. The molecule has 1 aromatic rings. The maximum absolute atomic E-state index is 16.2. The van der Waals surface area contributed by atoms with E-state index in [1.54, 1.807) is 66.7 Å². The number of oxime groups is 1. The zero-order valence-corrected chi connectivity index (χ0v) is 56.4. The van der Waals surface area contributed by atoms with E-state index in [1.165, 1.54) is 40.4 Å². The quantitative estimate of drug-likeness (QED) is 0.0564. The van der Waals surface area contributed by atoms with E-state index in [-0.39, 0.29) is 68.5 Å². The number of esters is 2. The number of carbonyl (C=O) groups excluding carboxylic acids is 4. The Morgan fingerprint density at radius 1 is 0.811 bits per heavy atom. The highest BCUT2D eigenvalue weighted by atomic mass is 32.2. The van der Waals surface area contributed by atoms with Crippen LogP contribution in [0.5, 0.6) is 0 Å². The number of rotatable bonds is 20. The number of alkyl carbamates (subject to hydrolysis) is 1. The number of cyclic esters (lactones) is 1. The average molecular weight is 1300 g/mol. The van der Waals surface area contributed by atoms with E-state index < -0.39 is 160 Å². The molecule has 24 nitrogen and oxygen atoms in total. The average Bonchev–Trinajstić information content (AvgIpc) is 1.29. The number of amides is 1. The number of likely N-dealkylation sites (N-methyl/N-ethyl adjacent to an activating group) is 1. The molecule has 0 aromatic heterocycles. The SMILES string of the molecule is C.CO/N=C1\C[C@@H](C)O[C@@H](O[C@@H]2[C@@H](C)[C@H](O[C@H]3CC(C)N(C)C[C@H](C)O3)[C@@H](C)C(=O)O[C@H]([C@@H](C)CO[C@@H]3O[C@H](C)[C@@H](O)[C@@H](OC)[C@H]3OC)[C@H](C)[C@@H](OC(=O)CC(C)C)[C@@H](C)C(=O)[C@@](C)(OC(=O)NC3(CNS(=O)(=O)c4ccccc4)CCCCC3)C[C@@H]2C)[C@@H]1O. The number of methoxy groups -OCH3 is 2. The first kappa shape index (κ1) is 76.7. The number of ketones is 1. The number of aliphatic hydroxyl groups is 2. The monoisotopic (exact) mass is 1300 g/mol. The molecule has 1 unspecified atom stereocenters. The summed E-state index contributed by atoms with van der Waals surface area (Å²) >= 11 is 0. The first-order valence-electron chi connectivity index (χ1n) is 32.0. The van der Waals surface area contributed by atoms with E-state index in [4.69, 9.17) is 56.9 Å². The normalized spacial score (nSPS) is 37.8. The van der Waals surface area contributed by atoms with Crippen molar-refractivity contribution in [1.29, 1.82) is 0 Å². The molecule has 90 heavy (non-hydrogen) atoms. The van der Waals surface area contributed by atoms with Crippen LogP contribution in [0.3, 0.4) is 0 Å². The fraction of sp³-hybridized carbons (Fsp3) is 0.831. The Balaban J connectivity index is 0.0000147. The summed E-state index contributed by atoms with van der Waals surface area (Å²) in [6.45, 7) is 23.4. The van der Waals surface area contributed by atoms with Gasteiger partial charge in [-0.05, 0) is 91.8 Å². The zero-order valence-electron chi connectivity index (χ0n) is 55.6. The van der Waals surface area contributed by atoms with Crippen LogP contribution >= 0.6 is 0 Å². The fourth-order valence-corrected chi connectivity index (χ4v) is 14.8. The topological polar surface area (TPSA) is 293 Å². The molecule has 4 aliphatic heterocycles. The summed E-state index contributed by atoms with van der Waals surface area (Å²) < 4.78 is 101. The minimum atomic E-state index is -4.03. The van der Waals surface area contributed by atoms with Gasteiger partial charge in [-0.25, -0.2) is 17.9 Å². The number of nitrogens with one attached hydrogen (secondary N) is 2. The number of nitrogens with zero attached hydrogens (tertiary/aromatic N) is 2. The lowest BCUT2D eigenvalue weighted by molar-refractivity contribution is -0.305. The molecule has 0 bridgehead atoms. The lowest BCUT2D eigenvalue weighted by atomic mass is 9.74. The van der Waals surface area contributed by atoms with Crippen molar-refractivity contribution in [2.75, 3.05) is 48.1 Å². The number of sulfonamides is 1. The van der Waals surface area contributed by atoms with Crippen LogP contribution in [0.2, 0.25) is 0 Å². The van der Waals surface area contributed by atoms with Crippen LogP contribution in [0.1, 0.15) is 155 Å². The largest absolute Gasteiger partial charge is 0.461 e. The van der Waals surface area contributed by atoms with E-state index in [9.17, 15) is 23.4 Å². The second-order valence-electron chi connectivity index (χ2n) is 26.8.